The maximum Gasteiger partial charge on any atom is 0.151 e. The molecule has 1 saturated heterocycles. The molecule has 1 aromatic carbocycles. The second-order valence-electron chi connectivity index (χ2n) is 7.41. The molecule has 0 radical (unpaired) electrons. The highest BCUT2D eigenvalue weighted by Crippen LogP contribution is 2.28. The lowest BCUT2D eigenvalue weighted by Gasteiger charge is -2.33. The molecule has 150 valence electrons. The van der Waals surface area contributed by atoms with Crippen LogP contribution in [0.2, 0.25) is 0 Å². The van der Waals surface area contributed by atoms with E-state index in [0.29, 0.717) is 6.04 Å². The van der Waals surface area contributed by atoms with E-state index in [9.17, 15) is 0 Å². The quantitative estimate of drug-likeness (QED) is 0.695. The van der Waals surface area contributed by atoms with E-state index in [1.807, 2.05) is 43.3 Å². The third kappa shape index (κ3) is 4.71. The van der Waals surface area contributed by atoms with Crippen LogP contribution < -0.4 is 15.0 Å². The van der Waals surface area contributed by atoms with Crippen LogP contribution in [0.1, 0.15) is 24.2 Å². The lowest BCUT2D eigenvalue weighted by Crippen LogP contribution is -2.46. The molecule has 0 amide bonds. The minimum atomic E-state index is 0.418. The number of pyridine rings is 1. The fourth-order valence-corrected chi connectivity index (χ4v) is 3.79. The van der Waals surface area contributed by atoms with Gasteiger partial charge in [0.05, 0.1) is 18.5 Å². The standard InChI is InChI=1S/C23H27N5O/c1-17-7-5-8-18(25-17)15-24-19-9-6-14-28(16-19)23-13-12-21(26-27-23)20-10-3-4-11-22(20)29-2/h3-5,7-8,10-13,19,24H,6,9,14-16H2,1-2H3. The smallest absolute Gasteiger partial charge is 0.151 e. The first-order valence-electron chi connectivity index (χ1n) is 10.1. The Morgan fingerprint density at radius 3 is 2.76 bits per heavy atom. The minimum Gasteiger partial charge on any atom is -0.496 e. The van der Waals surface area contributed by atoms with E-state index in [2.05, 4.69) is 43.6 Å². The van der Waals surface area contributed by atoms with E-state index in [-0.39, 0.29) is 0 Å². The zero-order chi connectivity index (χ0) is 20.1. The molecule has 0 bridgehead atoms. The van der Waals surface area contributed by atoms with Gasteiger partial charge in [0, 0.05) is 36.9 Å². The molecule has 3 heterocycles. The number of hydrogen-bond acceptors (Lipinski definition) is 6. The van der Waals surface area contributed by atoms with Crippen molar-refractivity contribution in [1.82, 2.24) is 20.5 Å². The van der Waals surface area contributed by atoms with E-state index in [4.69, 9.17) is 4.74 Å². The molecule has 1 fully saturated rings. The van der Waals surface area contributed by atoms with Crippen molar-refractivity contribution in [3.63, 3.8) is 0 Å². The van der Waals surface area contributed by atoms with Gasteiger partial charge in [-0.15, -0.1) is 10.2 Å². The average Bonchev–Trinajstić information content (AvgIpc) is 2.78. The van der Waals surface area contributed by atoms with E-state index in [1.165, 1.54) is 0 Å². The maximum absolute atomic E-state index is 5.44. The predicted molar refractivity (Wildman–Crippen MR) is 115 cm³/mol. The van der Waals surface area contributed by atoms with Crippen LogP contribution >= 0.6 is 0 Å². The highest BCUT2D eigenvalue weighted by molar-refractivity contribution is 5.67. The number of piperidine rings is 1. The van der Waals surface area contributed by atoms with Crippen molar-refractivity contribution in [3.8, 4) is 17.0 Å². The molecule has 2 aromatic heterocycles. The number of nitrogens with one attached hydrogen (secondary N) is 1. The van der Waals surface area contributed by atoms with Crippen molar-refractivity contribution < 1.29 is 4.74 Å². The van der Waals surface area contributed by atoms with E-state index >= 15 is 0 Å². The molecular weight excluding hydrogens is 362 g/mol. The SMILES string of the molecule is COc1ccccc1-c1ccc(N2CCCC(NCc3cccc(C)n3)C2)nn1. The first-order chi connectivity index (χ1) is 14.2. The highest BCUT2D eigenvalue weighted by Gasteiger charge is 2.21. The third-order valence-corrected chi connectivity index (χ3v) is 5.30. The number of benzene rings is 1. The number of para-hydroxylation sites is 1. The number of anilines is 1. The van der Waals surface area contributed by atoms with E-state index in [1.54, 1.807) is 7.11 Å². The Hall–Kier alpha value is -2.99. The normalized spacial score (nSPS) is 16.6. The van der Waals surface area contributed by atoms with Crippen molar-refractivity contribution >= 4 is 5.82 Å². The first kappa shape index (κ1) is 19.3. The number of rotatable bonds is 6. The molecule has 1 aliphatic heterocycles. The van der Waals surface area contributed by atoms with Gasteiger partial charge < -0.3 is 15.0 Å². The van der Waals surface area contributed by atoms with Crippen LogP contribution in [0.4, 0.5) is 5.82 Å². The fraction of sp³-hybridized carbons (Fsp3) is 0.348. The Morgan fingerprint density at radius 2 is 1.97 bits per heavy atom. The summed E-state index contributed by atoms with van der Waals surface area (Å²) in [4.78, 5) is 6.89. The topological polar surface area (TPSA) is 63.2 Å². The van der Waals surface area contributed by atoms with Crippen LogP contribution in [-0.4, -0.2) is 41.4 Å². The summed E-state index contributed by atoms with van der Waals surface area (Å²) in [7, 11) is 1.67. The molecule has 6 nitrogen and oxygen atoms in total. The van der Waals surface area contributed by atoms with Crippen LogP contribution in [-0.2, 0) is 6.54 Å². The summed E-state index contributed by atoms with van der Waals surface area (Å²) in [6, 6.07) is 18.5. The van der Waals surface area contributed by atoms with Gasteiger partial charge in [-0.25, -0.2) is 0 Å². The van der Waals surface area contributed by atoms with Crippen molar-refractivity contribution in [2.75, 3.05) is 25.1 Å². The zero-order valence-electron chi connectivity index (χ0n) is 17.0. The first-order valence-corrected chi connectivity index (χ1v) is 10.1. The number of aromatic nitrogens is 3. The largest absolute Gasteiger partial charge is 0.496 e. The van der Waals surface area contributed by atoms with Crippen LogP contribution in [0.25, 0.3) is 11.3 Å². The van der Waals surface area contributed by atoms with Crippen LogP contribution in [0.3, 0.4) is 0 Å². The lowest BCUT2D eigenvalue weighted by molar-refractivity contribution is 0.416. The summed E-state index contributed by atoms with van der Waals surface area (Å²) >= 11 is 0. The molecule has 1 N–H and O–H groups in total. The summed E-state index contributed by atoms with van der Waals surface area (Å²) < 4.78 is 5.44. The van der Waals surface area contributed by atoms with Crippen LogP contribution in [0.5, 0.6) is 5.75 Å². The summed E-state index contributed by atoms with van der Waals surface area (Å²) in [5, 5.41) is 12.6. The number of hydrogen-bond donors (Lipinski definition) is 1. The van der Waals surface area contributed by atoms with E-state index < -0.39 is 0 Å². The summed E-state index contributed by atoms with van der Waals surface area (Å²) in [6.07, 6.45) is 2.30. The molecular formula is C23H27N5O. The lowest BCUT2D eigenvalue weighted by atomic mass is 10.1. The highest BCUT2D eigenvalue weighted by atomic mass is 16.5. The second kappa shape index (κ2) is 9.01. The van der Waals surface area contributed by atoms with Crippen molar-refractivity contribution in [3.05, 3.63) is 66.0 Å². The average molecular weight is 390 g/mol. The fourth-order valence-electron chi connectivity index (χ4n) is 3.79. The number of aryl methyl sites for hydroxylation is 1. The molecule has 3 aromatic rings. The van der Waals surface area contributed by atoms with Crippen molar-refractivity contribution in [1.29, 1.82) is 0 Å². The Balaban J connectivity index is 1.40. The van der Waals surface area contributed by atoms with Gasteiger partial charge >= 0.3 is 0 Å². The van der Waals surface area contributed by atoms with Crippen LogP contribution in [0.15, 0.2) is 54.6 Å². The number of ether oxygens (including phenoxy) is 1. The predicted octanol–water partition coefficient (Wildman–Crippen LogP) is 3.61. The molecule has 0 spiro atoms. The summed E-state index contributed by atoms with van der Waals surface area (Å²) in [5.41, 5.74) is 3.92. The van der Waals surface area contributed by atoms with E-state index in [0.717, 1.165) is 66.7 Å². The molecule has 1 aliphatic rings. The van der Waals surface area contributed by atoms with Gasteiger partial charge in [0.2, 0.25) is 0 Å². The minimum absolute atomic E-state index is 0.418. The molecule has 1 unspecified atom stereocenters. The third-order valence-electron chi connectivity index (χ3n) is 5.30. The molecule has 1 atom stereocenters. The monoisotopic (exact) mass is 389 g/mol. The Bertz CT molecular complexity index is 944. The zero-order valence-corrected chi connectivity index (χ0v) is 17.0. The molecule has 4 rings (SSSR count). The molecule has 6 heteroatoms. The second-order valence-corrected chi connectivity index (χ2v) is 7.41. The Morgan fingerprint density at radius 1 is 1.07 bits per heavy atom. The van der Waals surface area contributed by atoms with Gasteiger partial charge in [0.15, 0.2) is 5.82 Å². The van der Waals surface area contributed by atoms with Crippen molar-refractivity contribution in [2.45, 2.75) is 32.4 Å². The van der Waals surface area contributed by atoms with Crippen molar-refractivity contribution in [2.24, 2.45) is 0 Å². The maximum atomic E-state index is 5.44. The summed E-state index contributed by atoms with van der Waals surface area (Å²) in [6.45, 7) is 4.75. The van der Waals surface area contributed by atoms with Gasteiger partial charge in [0.1, 0.15) is 5.75 Å². The van der Waals surface area contributed by atoms with Gasteiger partial charge in [-0.1, -0.05) is 18.2 Å². The number of nitrogens with zero attached hydrogens (tertiary/aromatic N) is 4. The van der Waals surface area contributed by atoms with Gasteiger partial charge in [0.25, 0.3) is 0 Å². The van der Waals surface area contributed by atoms with Gasteiger partial charge in [-0.3, -0.25) is 4.98 Å². The van der Waals surface area contributed by atoms with Gasteiger partial charge in [-0.05, 0) is 56.2 Å². The number of methoxy groups -OCH3 is 1. The van der Waals surface area contributed by atoms with Crippen LogP contribution in [0, 0.1) is 6.92 Å². The molecule has 0 aliphatic carbocycles. The molecule has 29 heavy (non-hydrogen) atoms. The summed E-state index contributed by atoms with van der Waals surface area (Å²) in [5.74, 6) is 1.73. The molecule has 0 saturated carbocycles. The Labute approximate surface area is 172 Å². The Kier molecular flexibility index (Phi) is 6.00. The van der Waals surface area contributed by atoms with Gasteiger partial charge in [-0.2, -0.15) is 0 Å².